The minimum Gasteiger partial charge on any atom is -0.469 e. The number of rotatable bonds is 13. The normalized spacial score (nSPS) is 18.3. The SMILES string of the molecule is CCOP(=O)(/C=C/C(CC)(C(=O)OC)C1(CCC(=O)OC)C(Sc2ccccc2)=Nc2ccccc21)OCC. The number of thioether (sulfide) groups is 1. The molecule has 2 atom stereocenters. The van der Waals surface area contributed by atoms with Gasteiger partial charge in [-0.05, 0) is 50.5 Å². The molecule has 3 rings (SSSR count). The van der Waals surface area contributed by atoms with Crippen molar-refractivity contribution in [2.24, 2.45) is 10.4 Å². The summed E-state index contributed by atoms with van der Waals surface area (Å²) in [6.07, 6.45) is 2.04. The summed E-state index contributed by atoms with van der Waals surface area (Å²) in [6, 6.07) is 17.2. The topological polar surface area (TPSA) is 100 Å². The molecular weight excluding hydrogens is 537 g/mol. The molecule has 0 aromatic heterocycles. The van der Waals surface area contributed by atoms with Crippen molar-refractivity contribution in [2.45, 2.75) is 50.3 Å². The number of hydrogen-bond donors (Lipinski definition) is 0. The summed E-state index contributed by atoms with van der Waals surface area (Å²) in [4.78, 5) is 32.5. The summed E-state index contributed by atoms with van der Waals surface area (Å²) in [6.45, 7) is 5.62. The Bertz CT molecular complexity index is 1260. The number of methoxy groups -OCH3 is 2. The molecule has 1 aliphatic rings. The van der Waals surface area contributed by atoms with E-state index in [1.54, 1.807) is 19.9 Å². The van der Waals surface area contributed by atoms with E-state index in [0.29, 0.717) is 10.7 Å². The minimum atomic E-state index is -3.69. The van der Waals surface area contributed by atoms with Crippen LogP contribution in [-0.2, 0) is 38.1 Å². The van der Waals surface area contributed by atoms with E-state index >= 15 is 0 Å². The molecule has 0 radical (unpaired) electrons. The lowest BCUT2D eigenvalue weighted by Gasteiger charge is -2.46. The van der Waals surface area contributed by atoms with Gasteiger partial charge in [0.25, 0.3) is 0 Å². The van der Waals surface area contributed by atoms with E-state index in [2.05, 4.69) is 0 Å². The van der Waals surface area contributed by atoms with Crippen LogP contribution in [0.3, 0.4) is 0 Å². The molecule has 0 aliphatic carbocycles. The molecule has 2 aromatic rings. The van der Waals surface area contributed by atoms with Crippen LogP contribution in [0.5, 0.6) is 0 Å². The zero-order valence-electron chi connectivity index (χ0n) is 23.0. The number of benzene rings is 2. The van der Waals surface area contributed by atoms with E-state index in [-0.39, 0.29) is 32.5 Å². The van der Waals surface area contributed by atoms with Crippen molar-refractivity contribution in [3.8, 4) is 0 Å². The second kappa shape index (κ2) is 13.6. The van der Waals surface area contributed by atoms with E-state index < -0.39 is 30.4 Å². The van der Waals surface area contributed by atoms with Crippen LogP contribution in [-0.4, -0.2) is 44.4 Å². The molecule has 1 aliphatic heterocycles. The standard InChI is InChI=1S/C29H36NO7PS/c1-6-28(27(32)35-5,20-21-38(33,36-7-2)37-8-3)29(19-18-25(31)34-4)23-16-12-13-17-24(23)30-26(29)39-22-14-10-9-11-15-22/h9-17,20-21H,6-8,18-19H2,1-5H3/b21-20+. The van der Waals surface area contributed by atoms with Crippen LogP contribution in [0.15, 0.2) is 76.4 Å². The maximum Gasteiger partial charge on any atom is 0.353 e. The summed E-state index contributed by atoms with van der Waals surface area (Å²) in [5, 5.41) is 0.623. The number of fused-ring (bicyclic) bond motifs is 1. The first-order chi connectivity index (χ1) is 18.8. The van der Waals surface area contributed by atoms with E-state index in [1.165, 1.54) is 31.8 Å². The van der Waals surface area contributed by atoms with Gasteiger partial charge in [0.05, 0.1) is 43.6 Å². The lowest BCUT2D eigenvalue weighted by atomic mass is 9.57. The van der Waals surface area contributed by atoms with E-state index in [9.17, 15) is 14.2 Å². The van der Waals surface area contributed by atoms with Gasteiger partial charge in [0, 0.05) is 17.1 Å². The van der Waals surface area contributed by atoms with Crippen molar-refractivity contribution in [1.29, 1.82) is 0 Å². The molecule has 0 amide bonds. The highest BCUT2D eigenvalue weighted by Crippen LogP contribution is 2.61. The van der Waals surface area contributed by atoms with Gasteiger partial charge in [-0.1, -0.05) is 61.2 Å². The molecule has 0 saturated heterocycles. The Hall–Kier alpha value is -2.71. The van der Waals surface area contributed by atoms with Crippen molar-refractivity contribution in [3.63, 3.8) is 0 Å². The molecule has 8 nitrogen and oxygen atoms in total. The summed E-state index contributed by atoms with van der Waals surface area (Å²) in [7, 11) is -1.04. The predicted octanol–water partition coefficient (Wildman–Crippen LogP) is 7.06. The molecule has 2 aromatic carbocycles. The Morgan fingerprint density at radius 1 is 0.974 bits per heavy atom. The third kappa shape index (κ3) is 6.22. The number of esters is 2. The average Bonchev–Trinajstić information content (AvgIpc) is 3.26. The Balaban J connectivity index is 2.36. The van der Waals surface area contributed by atoms with E-state index in [0.717, 1.165) is 10.5 Å². The van der Waals surface area contributed by atoms with Crippen LogP contribution >= 0.6 is 19.4 Å². The first kappa shape index (κ1) is 30.8. The smallest absolute Gasteiger partial charge is 0.353 e. The highest BCUT2D eigenvalue weighted by molar-refractivity contribution is 8.14. The van der Waals surface area contributed by atoms with Crippen LogP contribution in [0, 0.1) is 5.41 Å². The number of carbonyl (C=O) groups is 2. The molecule has 0 N–H and O–H groups in total. The fraction of sp³-hybridized carbons (Fsp3) is 0.414. The monoisotopic (exact) mass is 573 g/mol. The number of hydrogen-bond acceptors (Lipinski definition) is 9. The van der Waals surface area contributed by atoms with Crippen LogP contribution < -0.4 is 0 Å². The van der Waals surface area contributed by atoms with Crippen LogP contribution in [0.4, 0.5) is 5.69 Å². The third-order valence-corrected chi connectivity index (χ3v) is 9.76. The summed E-state index contributed by atoms with van der Waals surface area (Å²) in [5.41, 5.74) is -1.12. The quantitative estimate of drug-likeness (QED) is 0.185. The van der Waals surface area contributed by atoms with Crippen LogP contribution in [0.2, 0.25) is 0 Å². The second-order valence-corrected chi connectivity index (χ2v) is 11.8. The van der Waals surface area contributed by atoms with E-state index in [1.807, 2.05) is 61.5 Å². The Kier molecular flexibility index (Phi) is 10.7. The lowest BCUT2D eigenvalue weighted by Crippen LogP contribution is -2.53. The molecule has 39 heavy (non-hydrogen) atoms. The Morgan fingerprint density at radius 3 is 2.21 bits per heavy atom. The van der Waals surface area contributed by atoms with Gasteiger partial charge in [0.15, 0.2) is 0 Å². The van der Waals surface area contributed by atoms with Gasteiger partial charge in [0.1, 0.15) is 5.41 Å². The molecule has 0 fully saturated rings. The number of para-hydroxylation sites is 1. The Labute approximate surface area is 234 Å². The molecular formula is C29H36NO7PS. The van der Waals surface area contributed by atoms with Gasteiger partial charge < -0.3 is 18.5 Å². The average molecular weight is 574 g/mol. The van der Waals surface area contributed by atoms with Gasteiger partial charge in [-0.25, -0.2) is 4.99 Å². The molecule has 0 spiro atoms. The van der Waals surface area contributed by atoms with Crippen molar-refractivity contribution in [1.82, 2.24) is 0 Å². The molecule has 1 heterocycles. The molecule has 210 valence electrons. The van der Waals surface area contributed by atoms with E-state index in [4.69, 9.17) is 23.5 Å². The summed E-state index contributed by atoms with van der Waals surface area (Å²) in [5.74, 6) is 0.381. The van der Waals surface area contributed by atoms with Gasteiger partial charge in [-0.3, -0.25) is 14.2 Å². The minimum absolute atomic E-state index is 0.0143. The molecule has 10 heteroatoms. The first-order valence-electron chi connectivity index (χ1n) is 12.9. The van der Waals surface area contributed by atoms with Crippen molar-refractivity contribution in [3.05, 3.63) is 72.1 Å². The van der Waals surface area contributed by atoms with Crippen LogP contribution in [0.25, 0.3) is 0 Å². The maximum absolute atomic E-state index is 14.0. The largest absolute Gasteiger partial charge is 0.469 e. The number of nitrogens with zero attached hydrogens (tertiary/aromatic N) is 1. The Morgan fingerprint density at radius 2 is 1.62 bits per heavy atom. The fourth-order valence-electron chi connectivity index (χ4n) is 5.08. The molecule has 0 saturated carbocycles. The maximum atomic E-state index is 14.0. The number of aliphatic imine (C=N–C) groups is 1. The first-order valence-corrected chi connectivity index (χ1v) is 15.3. The van der Waals surface area contributed by atoms with Gasteiger partial charge >= 0.3 is 19.5 Å². The van der Waals surface area contributed by atoms with Crippen molar-refractivity contribution >= 4 is 42.0 Å². The highest BCUT2D eigenvalue weighted by Gasteiger charge is 2.61. The second-order valence-electron chi connectivity index (χ2n) is 8.84. The van der Waals surface area contributed by atoms with Gasteiger partial charge in [-0.15, -0.1) is 0 Å². The predicted molar refractivity (Wildman–Crippen MR) is 154 cm³/mol. The third-order valence-electron chi connectivity index (χ3n) is 6.87. The summed E-state index contributed by atoms with van der Waals surface area (Å²) < 4.78 is 35.0. The van der Waals surface area contributed by atoms with Gasteiger partial charge in [-0.2, -0.15) is 0 Å². The van der Waals surface area contributed by atoms with Crippen molar-refractivity contribution in [2.75, 3.05) is 27.4 Å². The lowest BCUT2D eigenvalue weighted by molar-refractivity contribution is -0.153. The summed E-state index contributed by atoms with van der Waals surface area (Å²) >= 11 is 1.42. The highest BCUT2D eigenvalue weighted by atomic mass is 32.2. The zero-order chi connectivity index (χ0) is 28.5. The number of carbonyl (C=O) groups excluding carboxylic acids is 2. The molecule has 0 bridgehead atoms. The van der Waals surface area contributed by atoms with Crippen LogP contribution in [0.1, 0.15) is 45.6 Å². The zero-order valence-corrected chi connectivity index (χ0v) is 24.8. The van der Waals surface area contributed by atoms with Gasteiger partial charge in [0.2, 0.25) is 0 Å². The number of ether oxygens (including phenoxy) is 2. The fourth-order valence-corrected chi connectivity index (χ4v) is 7.71. The van der Waals surface area contributed by atoms with Crippen molar-refractivity contribution < 1.29 is 32.7 Å². The molecule has 2 unspecified atom stereocenters.